The molecule has 2 heteroatoms. The first-order valence-electron chi connectivity index (χ1n) is 2.81. The van der Waals surface area contributed by atoms with E-state index < -0.39 is 0 Å². The third kappa shape index (κ3) is 1.90. The maximum atomic E-state index is 3.23. The van der Waals surface area contributed by atoms with E-state index in [0.717, 1.165) is 12.6 Å². The molecular formula is C5H12N2. The molecular weight excluding hydrogens is 88.1 g/mol. The van der Waals surface area contributed by atoms with E-state index in [0.29, 0.717) is 0 Å². The highest BCUT2D eigenvalue weighted by Gasteiger charge is 2.17. The standard InChI is InChI=1S/C5H12N2/c1-6-3-2-5-4-7-5/h5-7H,2-4H2,1H3. The van der Waals surface area contributed by atoms with Crippen LogP contribution in [0.25, 0.3) is 0 Å². The van der Waals surface area contributed by atoms with Crippen molar-refractivity contribution in [2.24, 2.45) is 0 Å². The Hall–Kier alpha value is -0.0800. The van der Waals surface area contributed by atoms with Crippen LogP contribution in [0.2, 0.25) is 0 Å². The SMILES string of the molecule is CNCCC1CN1. The van der Waals surface area contributed by atoms with Crippen molar-refractivity contribution in [3.05, 3.63) is 0 Å². The maximum Gasteiger partial charge on any atom is 0.0205 e. The molecule has 0 amide bonds. The lowest BCUT2D eigenvalue weighted by Gasteiger charge is -1.91. The minimum atomic E-state index is 0.840. The van der Waals surface area contributed by atoms with Crippen molar-refractivity contribution in [1.29, 1.82) is 0 Å². The van der Waals surface area contributed by atoms with Crippen molar-refractivity contribution in [3.8, 4) is 0 Å². The predicted molar refractivity (Wildman–Crippen MR) is 30.3 cm³/mol. The van der Waals surface area contributed by atoms with Crippen molar-refractivity contribution >= 4 is 0 Å². The minimum Gasteiger partial charge on any atom is -0.320 e. The summed E-state index contributed by atoms with van der Waals surface area (Å²) in [4.78, 5) is 0. The summed E-state index contributed by atoms with van der Waals surface area (Å²) in [5, 5.41) is 6.33. The van der Waals surface area contributed by atoms with Gasteiger partial charge in [0.05, 0.1) is 0 Å². The van der Waals surface area contributed by atoms with E-state index in [4.69, 9.17) is 0 Å². The normalized spacial score (nSPS) is 27.9. The molecule has 1 fully saturated rings. The van der Waals surface area contributed by atoms with Crippen LogP contribution < -0.4 is 10.6 Å². The Balaban J connectivity index is 1.80. The molecule has 0 bridgehead atoms. The van der Waals surface area contributed by atoms with E-state index in [-0.39, 0.29) is 0 Å². The van der Waals surface area contributed by atoms with E-state index in [9.17, 15) is 0 Å². The van der Waals surface area contributed by atoms with E-state index >= 15 is 0 Å². The molecule has 2 nitrogen and oxygen atoms in total. The predicted octanol–water partition coefficient (Wildman–Crippen LogP) is -0.432. The molecule has 1 saturated heterocycles. The molecule has 1 aliphatic rings. The average Bonchev–Trinajstić information content (AvgIpc) is 2.42. The fourth-order valence-electron chi connectivity index (χ4n) is 0.606. The topological polar surface area (TPSA) is 34.0 Å². The Kier molecular flexibility index (Phi) is 1.65. The molecule has 0 aliphatic carbocycles. The van der Waals surface area contributed by atoms with E-state index in [1.165, 1.54) is 13.0 Å². The molecule has 0 radical (unpaired) electrons. The van der Waals surface area contributed by atoms with Crippen LogP contribution in [-0.2, 0) is 0 Å². The molecule has 1 rings (SSSR count). The third-order valence-electron chi connectivity index (χ3n) is 1.24. The summed E-state index contributed by atoms with van der Waals surface area (Å²) in [6, 6.07) is 0.840. The minimum absolute atomic E-state index is 0.840. The van der Waals surface area contributed by atoms with Crippen molar-refractivity contribution < 1.29 is 0 Å². The number of hydrogen-bond donors (Lipinski definition) is 2. The zero-order chi connectivity index (χ0) is 5.11. The molecule has 0 spiro atoms. The summed E-state index contributed by atoms with van der Waals surface area (Å²) >= 11 is 0. The summed E-state index contributed by atoms with van der Waals surface area (Å²) in [5.74, 6) is 0. The highest BCUT2D eigenvalue weighted by Crippen LogP contribution is 1.99. The van der Waals surface area contributed by atoms with Crippen molar-refractivity contribution in [1.82, 2.24) is 10.6 Å². The Morgan fingerprint density at radius 1 is 1.86 bits per heavy atom. The van der Waals surface area contributed by atoms with Gasteiger partial charge in [0, 0.05) is 12.6 Å². The third-order valence-corrected chi connectivity index (χ3v) is 1.24. The van der Waals surface area contributed by atoms with Gasteiger partial charge in [-0.3, -0.25) is 0 Å². The first kappa shape index (κ1) is 5.06. The Morgan fingerprint density at radius 3 is 3.00 bits per heavy atom. The lowest BCUT2D eigenvalue weighted by molar-refractivity contribution is 0.715. The van der Waals surface area contributed by atoms with Crippen LogP contribution in [0.15, 0.2) is 0 Å². The molecule has 1 atom stereocenters. The molecule has 1 unspecified atom stereocenters. The molecule has 0 aromatic heterocycles. The summed E-state index contributed by atoms with van der Waals surface area (Å²) in [6.45, 7) is 2.39. The van der Waals surface area contributed by atoms with Gasteiger partial charge in [0.2, 0.25) is 0 Å². The van der Waals surface area contributed by atoms with E-state index in [2.05, 4.69) is 10.6 Å². The largest absolute Gasteiger partial charge is 0.320 e. The van der Waals surface area contributed by atoms with Gasteiger partial charge in [-0.1, -0.05) is 0 Å². The Labute approximate surface area is 44.3 Å². The van der Waals surface area contributed by atoms with Gasteiger partial charge in [0.25, 0.3) is 0 Å². The summed E-state index contributed by atoms with van der Waals surface area (Å²) in [5.41, 5.74) is 0. The second-order valence-corrected chi connectivity index (χ2v) is 2.00. The van der Waals surface area contributed by atoms with Crippen LogP contribution in [-0.4, -0.2) is 26.2 Å². The molecule has 0 aromatic carbocycles. The second-order valence-electron chi connectivity index (χ2n) is 2.00. The van der Waals surface area contributed by atoms with Gasteiger partial charge >= 0.3 is 0 Å². The molecule has 1 heterocycles. The number of nitrogens with one attached hydrogen (secondary N) is 2. The molecule has 7 heavy (non-hydrogen) atoms. The van der Waals surface area contributed by atoms with Crippen molar-refractivity contribution in [2.45, 2.75) is 12.5 Å². The number of rotatable bonds is 3. The fourth-order valence-corrected chi connectivity index (χ4v) is 0.606. The van der Waals surface area contributed by atoms with E-state index in [1.807, 2.05) is 7.05 Å². The van der Waals surface area contributed by atoms with Gasteiger partial charge in [-0.05, 0) is 20.0 Å². The first-order valence-corrected chi connectivity index (χ1v) is 2.81. The zero-order valence-corrected chi connectivity index (χ0v) is 4.70. The quantitative estimate of drug-likeness (QED) is 0.472. The second kappa shape index (κ2) is 2.28. The number of hydrogen-bond acceptors (Lipinski definition) is 2. The highest BCUT2D eigenvalue weighted by atomic mass is 15.1. The van der Waals surface area contributed by atoms with Crippen LogP contribution in [0.4, 0.5) is 0 Å². The van der Waals surface area contributed by atoms with Crippen molar-refractivity contribution in [3.63, 3.8) is 0 Å². The summed E-state index contributed by atoms with van der Waals surface area (Å²) in [6.07, 6.45) is 1.29. The van der Waals surface area contributed by atoms with Crippen LogP contribution in [0, 0.1) is 0 Å². The lowest BCUT2D eigenvalue weighted by Crippen LogP contribution is -2.10. The van der Waals surface area contributed by atoms with Gasteiger partial charge in [-0.15, -0.1) is 0 Å². The highest BCUT2D eigenvalue weighted by molar-refractivity contribution is 4.82. The van der Waals surface area contributed by atoms with E-state index in [1.54, 1.807) is 0 Å². The van der Waals surface area contributed by atoms with Crippen LogP contribution in [0.1, 0.15) is 6.42 Å². The molecule has 0 saturated carbocycles. The fraction of sp³-hybridized carbons (Fsp3) is 1.00. The Bertz CT molecular complexity index is 50.0. The summed E-state index contributed by atoms with van der Waals surface area (Å²) < 4.78 is 0. The molecule has 42 valence electrons. The smallest absolute Gasteiger partial charge is 0.0205 e. The molecule has 1 aliphatic heterocycles. The first-order chi connectivity index (χ1) is 3.43. The van der Waals surface area contributed by atoms with Gasteiger partial charge in [0.1, 0.15) is 0 Å². The Morgan fingerprint density at radius 2 is 2.57 bits per heavy atom. The molecule has 0 aromatic rings. The van der Waals surface area contributed by atoms with Gasteiger partial charge in [-0.25, -0.2) is 0 Å². The monoisotopic (exact) mass is 100 g/mol. The zero-order valence-electron chi connectivity index (χ0n) is 4.70. The van der Waals surface area contributed by atoms with Crippen LogP contribution >= 0.6 is 0 Å². The van der Waals surface area contributed by atoms with Crippen molar-refractivity contribution in [2.75, 3.05) is 20.1 Å². The molecule has 2 N–H and O–H groups in total. The average molecular weight is 100 g/mol. The van der Waals surface area contributed by atoms with Crippen LogP contribution in [0.3, 0.4) is 0 Å². The van der Waals surface area contributed by atoms with Gasteiger partial charge < -0.3 is 10.6 Å². The lowest BCUT2D eigenvalue weighted by atomic mass is 10.3. The van der Waals surface area contributed by atoms with Gasteiger partial charge in [-0.2, -0.15) is 0 Å². The van der Waals surface area contributed by atoms with Crippen LogP contribution in [0.5, 0.6) is 0 Å². The van der Waals surface area contributed by atoms with Gasteiger partial charge in [0.15, 0.2) is 0 Å². The summed E-state index contributed by atoms with van der Waals surface area (Å²) in [7, 11) is 1.99. The maximum absolute atomic E-state index is 3.23.